The SMILES string of the molecule is CC(C)c1cc(C(=O)NCCCCCCCC(=O)O)n(C)n1. The Hall–Kier alpha value is -1.85. The summed E-state index contributed by atoms with van der Waals surface area (Å²) in [6.07, 6.45) is 4.83. The Morgan fingerprint density at radius 1 is 1.23 bits per heavy atom. The summed E-state index contributed by atoms with van der Waals surface area (Å²) in [5.74, 6) is -0.518. The number of carboxylic acid groups (broad SMARTS) is 1. The number of rotatable bonds is 10. The molecule has 22 heavy (non-hydrogen) atoms. The van der Waals surface area contributed by atoms with Crippen molar-refractivity contribution in [1.82, 2.24) is 15.1 Å². The maximum Gasteiger partial charge on any atom is 0.303 e. The Morgan fingerprint density at radius 2 is 1.86 bits per heavy atom. The van der Waals surface area contributed by atoms with Gasteiger partial charge in [0, 0.05) is 20.0 Å². The van der Waals surface area contributed by atoms with Crippen LogP contribution in [0.25, 0.3) is 0 Å². The van der Waals surface area contributed by atoms with Crippen LogP contribution in [0.2, 0.25) is 0 Å². The number of nitrogens with zero attached hydrogens (tertiary/aromatic N) is 2. The highest BCUT2D eigenvalue weighted by molar-refractivity contribution is 5.92. The smallest absolute Gasteiger partial charge is 0.303 e. The molecule has 2 N–H and O–H groups in total. The molecule has 1 aromatic rings. The van der Waals surface area contributed by atoms with Gasteiger partial charge in [0.25, 0.3) is 5.91 Å². The third-order valence-corrected chi connectivity index (χ3v) is 3.58. The number of nitrogens with one attached hydrogen (secondary N) is 1. The molecule has 0 saturated carbocycles. The van der Waals surface area contributed by atoms with Gasteiger partial charge in [-0.05, 0) is 24.8 Å². The van der Waals surface area contributed by atoms with Crippen LogP contribution < -0.4 is 5.32 Å². The summed E-state index contributed by atoms with van der Waals surface area (Å²) >= 11 is 0. The van der Waals surface area contributed by atoms with Crippen molar-refractivity contribution in [2.24, 2.45) is 7.05 Å². The largest absolute Gasteiger partial charge is 0.481 e. The summed E-state index contributed by atoms with van der Waals surface area (Å²) in [4.78, 5) is 22.4. The van der Waals surface area contributed by atoms with Crippen molar-refractivity contribution in [3.8, 4) is 0 Å². The Balaban J connectivity index is 2.20. The second-order valence-electron chi connectivity index (χ2n) is 5.90. The van der Waals surface area contributed by atoms with Crippen molar-refractivity contribution in [1.29, 1.82) is 0 Å². The fraction of sp³-hybridized carbons (Fsp3) is 0.688. The second-order valence-corrected chi connectivity index (χ2v) is 5.90. The highest BCUT2D eigenvalue weighted by Crippen LogP contribution is 2.13. The first-order valence-corrected chi connectivity index (χ1v) is 7.95. The maximum atomic E-state index is 12.1. The van der Waals surface area contributed by atoms with E-state index in [1.165, 1.54) is 0 Å². The highest BCUT2D eigenvalue weighted by Gasteiger charge is 2.14. The van der Waals surface area contributed by atoms with Gasteiger partial charge in [-0.25, -0.2) is 0 Å². The van der Waals surface area contributed by atoms with Crippen LogP contribution in [0.3, 0.4) is 0 Å². The van der Waals surface area contributed by atoms with Gasteiger partial charge >= 0.3 is 5.97 Å². The number of hydrogen-bond acceptors (Lipinski definition) is 3. The molecule has 0 aromatic carbocycles. The van der Waals surface area contributed by atoms with E-state index >= 15 is 0 Å². The van der Waals surface area contributed by atoms with E-state index in [2.05, 4.69) is 10.4 Å². The Labute approximate surface area is 131 Å². The predicted octanol–water partition coefficient (Wildman–Crippen LogP) is 2.70. The molecule has 0 aliphatic carbocycles. The molecule has 1 amide bonds. The summed E-state index contributed by atoms with van der Waals surface area (Å²) in [6, 6.07) is 1.84. The minimum Gasteiger partial charge on any atom is -0.481 e. The van der Waals surface area contributed by atoms with Crippen LogP contribution in [-0.4, -0.2) is 33.3 Å². The van der Waals surface area contributed by atoms with Crippen molar-refractivity contribution in [2.45, 2.75) is 58.3 Å². The number of amides is 1. The van der Waals surface area contributed by atoms with E-state index in [1.54, 1.807) is 11.7 Å². The zero-order valence-corrected chi connectivity index (χ0v) is 13.8. The molecule has 0 atom stereocenters. The number of aliphatic carboxylic acids is 1. The number of hydrogen-bond donors (Lipinski definition) is 2. The third-order valence-electron chi connectivity index (χ3n) is 3.58. The fourth-order valence-corrected chi connectivity index (χ4v) is 2.21. The third kappa shape index (κ3) is 6.28. The molecule has 1 aromatic heterocycles. The van der Waals surface area contributed by atoms with Gasteiger partial charge in [0.2, 0.25) is 0 Å². The Morgan fingerprint density at radius 3 is 2.45 bits per heavy atom. The van der Waals surface area contributed by atoms with Gasteiger partial charge in [-0.3, -0.25) is 14.3 Å². The summed E-state index contributed by atoms with van der Waals surface area (Å²) in [6.45, 7) is 4.74. The van der Waals surface area contributed by atoms with Gasteiger partial charge in [0.15, 0.2) is 0 Å². The van der Waals surface area contributed by atoms with E-state index in [-0.39, 0.29) is 12.3 Å². The lowest BCUT2D eigenvalue weighted by atomic mass is 10.1. The molecule has 124 valence electrons. The van der Waals surface area contributed by atoms with Crippen molar-refractivity contribution < 1.29 is 14.7 Å². The molecule has 0 aliphatic rings. The zero-order valence-electron chi connectivity index (χ0n) is 13.8. The average Bonchev–Trinajstić information content (AvgIpc) is 2.83. The second kappa shape index (κ2) is 9.23. The van der Waals surface area contributed by atoms with Gasteiger partial charge in [-0.1, -0.05) is 33.1 Å². The van der Waals surface area contributed by atoms with Crippen LogP contribution in [0, 0.1) is 0 Å². The molecular weight excluding hydrogens is 282 g/mol. The van der Waals surface area contributed by atoms with Gasteiger partial charge in [-0.2, -0.15) is 5.10 Å². The topological polar surface area (TPSA) is 84.2 Å². The van der Waals surface area contributed by atoms with E-state index in [0.29, 0.717) is 18.2 Å². The van der Waals surface area contributed by atoms with Gasteiger partial charge in [0.05, 0.1) is 5.69 Å². The molecule has 0 fully saturated rings. The first-order valence-electron chi connectivity index (χ1n) is 7.95. The summed E-state index contributed by atoms with van der Waals surface area (Å²) in [5, 5.41) is 15.8. The van der Waals surface area contributed by atoms with E-state index in [4.69, 9.17) is 5.11 Å². The van der Waals surface area contributed by atoms with Crippen LogP contribution in [0.1, 0.15) is 74.5 Å². The highest BCUT2D eigenvalue weighted by atomic mass is 16.4. The number of aromatic nitrogens is 2. The number of carbonyl (C=O) groups excluding carboxylic acids is 1. The lowest BCUT2D eigenvalue weighted by Crippen LogP contribution is -2.26. The van der Waals surface area contributed by atoms with Crippen LogP contribution in [0.15, 0.2) is 6.07 Å². The molecule has 1 rings (SSSR count). The molecule has 0 aliphatic heterocycles. The maximum absolute atomic E-state index is 12.1. The Kier molecular flexibility index (Phi) is 7.63. The van der Waals surface area contributed by atoms with Crippen molar-refractivity contribution in [3.63, 3.8) is 0 Å². The monoisotopic (exact) mass is 309 g/mol. The first kappa shape index (κ1) is 18.2. The molecule has 0 spiro atoms. The van der Waals surface area contributed by atoms with Crippen molar-refractivity contribution in [2.75, 3.05) is 6.54 Å². The van der Waals surface area contributed by atoms with Gasteiger partial charge < -0.3 is 10.4 Å². The lowest BCUT2D eigenvalue weighted by molar-refractivity contribution is -0.137. The molecule has 1 heterocycles. The summed E-state index contributed by atoms with van der Waals surface area (Å²) in [7, 11) is 1.78. The van der Waals surface area contributed by atoms with Gasteiger partial charge in [-0.15, -0.1) is 0 Å². The minimum absolute atomic E-state index is 0.0900. The van der Waals surface area contributed by atoms with Gasteiger partial charge in [0.1, 0.15) is 5.69 Å². The number of aryl methyl sites for hydroxylation is 1. The molecule has 0 saturated heterocycles. The molecule has 0 unspecified atom stereocenters. The van der Waals surface area contributed by atoms with E-state index < -0.39 is 5.97 Å². The predicted molar refractivity (Wildman–Crippen MR) is 85.0 cm³/mol. The van der Waals surface area contributed by atoms with E-state index in [0.717, 1.165) is 37.8 Å². The standard InChI is InChI=1S/C16H27N3O3/c1-12(2)13-11-14(19(3)18-13)16(22)17-10-8-6-4-5-7-9-15(20)21/h11-12H,4-10H2,1-3H3,(H,17,22)(H,20,21). The first-order chi connectivity index (χ1) is 10.4. The zero-order chi connectivity index (χ0) is 16.5. The molecular formula is C16H27N3O3. The average molecular weight is 309 g/mol. The summed E-state index contributed by atoms with van der Waals surface area (Å²) in [5.41, 5.74) is 1.51. The van der Waals surface area contributed by atoms with E-state index in [1.807, 2.05) is 19.9 Å². The van der Waals surface area contributed by atoms with Crippen LogP contribution in [-0.2, 0) is 11.8 Å². The number of carboxylic acids is 1. The molecule has 0 bridgehead atoms. The van der Waals surface area contributed by atoms with Crippen LogP contribution in [0.5, 0.6) is 0 Å². The van der Waals surface area contributed by atoms with Crippen molar-refractivity contribution >= 4 is 11.9 Å². The van der Waals surface area contributed by atoms with Crippen LogP contribution in [0.4, 0.5) is 0 Å². The fourth-order valence-electron chi connectivity index (χ4n) is 2.21. The number of unbranched alkanes of at least 4 members (excludes halogenated alkanes) is 4. The normalized spacial score (nSPS) is 10.9. The quantitative estimate of drug-likeness (QED) is 0.651. The number of carbonyl (C=O) groups is 2. The summed E-state index contributed by atoms with van der Waals surface area (Å²) < 4.78 is 1.62. The minimum atomic E-state index is -0.732. The van der Waals surface area contributed by atoms with Crippen LogP contribution >= 0.6 is 0 Å². The van der Waals surface area contributed by atoms with Crippen molar-refractivity contribution in [3.05, 3.63) is 17.5 Å². The Bertz CT molecular complexity index is 495. The molecule has 0 radical (unpaired) electrons. The lowest BCUT2D eigenvalue weighted by Gasteiger charge is -2.05. The van der Waals surface area contributed by atoms with E-state index in [9.17, 15) is 9.59 Å². The molecule has 6 nitrogen and oxygen atoms in total. The molecule has 6 heteroatoms.